The van der Waals surface area contributed by atoms with Gasteiger partial charge in [0, 0.05) is 11.9 Å². The van der Waals surface area contributed by atoms with E-state index in [1.807, 2.05) is 84.9 Å². The van der Waals surface area contributed by atoms with Gasteiger partial charge < -0.3 is 19.8 Å². The summed E-state index contributed by atoms with van der Waals surface area (Å²) in [6.07, 6.45) is 1.54. The molecule has 1 aromatic heterocycles. The molecule has 6 heteroatoms. The highest BCUT2D eigenvalue weighted by Gasteiger charge is 2.21. The smallest absolute Gasteiger partial charge is 0.357 e. The molecule has 0 bridgehead atoms. The number of nitriles is 1. The zero-order valence-electron chi connectivity index (χ0n) is 17.5. The molecule has 0 saturated heterocycles. The summed E-state index contributed by atoms with van der Waals surface area (Å²) < 4.78 is 12.3. The van der Waals surface area contributed by atoms with Gasteiger partial charge >= 0.3 is 5.97 Å². The van der Waals surface area contributed by atoms with Gasteiger partial charge in [0.05, 0.1) is 18.4 Å². The van der Waals surface area contributed by atoms with Gasteiger partial charge in [-0.15, -0.1) is 0 Å². The van der Waals surface area contributed by atoms with Crippen LogP contribution >= 0.6 is 0 Å². The summed E-state index contributed by atoms with van der Waals surface area (Å²) in [7, 11) is 1.28. The maximum Gasteiger partial charge on any atom is 0.357 e. The van der Waals surface area contributed by atoms with Gasteiger partial charge in [0.25, 0.3) is 0 Å². The fourth-order valence-corrected chi connectivity index (χ4v) is 3.44. The predicted octanol–water partition coefficient (Wildman–Crippen LogP) is 4.96. The third kappa shape index (κ3) is 4.18. The third-order valence-electron chi connectivity index (χ3n) is 5.10. The minimum atomic E-state index is -0.602. The monoisotopic (exact) mass is 423 g/mol. The van der Waals surface area contributed by atoms with Gasteiger partial charge in [-0.1, -0.05) is 54.6 Å². The number of hydrogen-bond acceptors (Lipinski definition) is 5. The Morgan fingerprint density at radius 1 is 1.00 bits per heavy atom. The van der Waals surface area contributed by atoms with Crippen molar-refractivity contribution >= 4 is 11.7 Å². The van der Waals surface area contributed by atoms with Crippen LogP contribution in [0.4, 0.5) is 5.69 Å². The predicted molar refractivity (Wildman–Crippen MR) is 122 cm³/mol. The quantitative estimate of drug-likeness (QED) is 0.443. The second-order valence-electron chi connectivity index (χ2n) is 7.13. The Morgan fingerprint density at radius 3 is 2.44 bits per heavy atom. The van der Waals surface area contributed by atoms with Crippen molar-refractivity contribution in [2.24, 2.45) is 0 Å². The average molecular weight is 423 g/mol. The summed E-state index contributed by atoms with van der Waals surface area (Å²) in [5.74, 6) is 0.174. The van der Waals surface area contributed by atoms with Crippen LogP contribution in [0, 0.1) is 11.3 Å². The molecule has 1 heterocycles. The minimum Gasteiger partial charge on any atom is -0.489 e. The van der Waals surface area contributed by atoms with Crippen molar-refractivity contribution in [3.63, 3.8) is 0 Å². The molecule has 2 N–H and O–H groups in total. The van der Waals surface area contributed by atoms with Crippen LogP contribution in [0.1, 0.15) is 21.6 Å². The van der Waals surface area contributed by atoms with Gasteiger partial charge in [0.2, 0.25) is 0 Å². The third-order valence-corrected chi connectivity index (χ3v) is 5.10. The Labute approximate surface area is 186 Å². The molecule has 0 amide bonds. The molecule has 0 fully saturated rings. The van der Waals surface area contributed by atoms with E-state index < -0.39 is 5.97 Å². The molecule has 0 spiro atoms. The van der Waals surface area contributed by atoms with E-state index in [-0.39, 0.29) is 16.9 Å². The van der Waals surface area contributed by atoms with Crippen LogP contribution in [0.15, 0.2) is 85.1 Å². The zero-order chi connectivity index (χ0) is 22.5. The molecule has 4 aromatic rings. The summed E-state index contributed by atoms with van der Waals surface area (Å²) in [5.41, 5.74) is 10.2. The van der Waals surface area contributed by atoms with Gasteiger partial charge in [-0.25, -0.2) is 4.79 Å². The number of hydrogen-bond donors (Lipinski definition) is 1. The van der Waals surface area contributed by atoms with Crippen LogP contribution < -0.4 is 10.5 Å². The standard InChI is InChI=1S/C26H21N3O3/c1-31-26(30)25-24(28)21(15-27)16-29(25)22-9-5-8-20(14-22)19-10-12-23(13-11-19)32-17-18-6-3-2-4-7-18/h2-14,16H,17,28H2,1H3. The lowest BCUT2D eigenvalue weighted by Crippen LogP contribution is -2.11. The van der Waals surface area contributed by atoms with Crippen LogP contribution in [-0.2, 0) is 11.3 Å². The Balaban J connectivity index is 1.60. The lowest BCUT2D eigenvalue weighted by molar-refractivity contribution is 0.0593. The fourth-order valence-electron chi connectivity index (χ4n) is 3.44. The second kappa shape index (κ2) is 9.11. The van der Waals surface area contributed by atoms with E-state index >= 15 is 0 Å². The largest absolute Gasteiger partial charge is 0.489 e. The first-order valence-corrected chi connectivity index (χ1v) is 9.97. The van der Waals surface area contributed by atoms with E-state index in [1.165, 1.54) is 7.11 Å². The Bertz CT molecular complexity index is 1290. The molecule has 0 saturated carbocycles. The van der Waals surface area contributed by atoms with Crippen molar-refractivity contribution in [2.45, 2.75) is 6.61 Å². The number of anilines is 1. The number of rotatable bonds is 6. The Morgan fingerprint density at radius 2 is 1.75 bits per heavy atom. The van der Waals surface area contributed by atoms with Gasteiger partial charge in [0.15, 0.2) is 5.69 Å². The Hall–Kier alpha value is -4.50. The van der Waals surface area contributed by atoms with E-state index in [0.717, 1.165) is 22.4 Å². The highest BCUT2D eigenvalue weighted by atomic mass is 16.5. The van der Waals surface area contributed by atoms with Crippen molar-refractivity contribution in [3.8, 4) is 28.6 Å². The molecule has 4 rings (SSSR count). The number of nitrogens with zero attached hydrogens (tertiary/aromatic N) is 2. The SMILES string of the molecule is COC(=O)c1c(N)c(C#N)cn1-c1cccc(-c2ccc(OCc3ccccc3)cc2)c1. The van der Waals surface area contributed by atoms with Crippen molar-refractivity contribution in [1.82, 2.24) is 4.57 Å². The van der Waals surface area contributed by atoms with Crippen LogP contribution in [0.5, 0.6) is 5.75 Å². The molecular weight excluding hydrogens is 402 g/mol. The number of carbonyl (C=O) groups excluding carboxylic acids is 1. The molecule has 0 aliphatic carbocycles. The number of nitrogen functional groups attached to an aromatic ring is 1. The van der Waals surface area contributed by atoms with E-state index in [1.54, 1.807) is 10.8 Å². The number of esters is 1. The average Bonchev–Trinajstić information content (AvgIpc) is 3.19. The first-order valence-electron chi connectivity index (χ1n) is 9.97. The molecule has 0 radical (unpaired) electrons. The normalized spacial score (nSPS) is 10.4. The number of carbonyl (C=O) groups is 1. The molecule has 0 atom stereocenters. The van der Waals surface area contributed by atoms with E-state index in [0.29, 0.717) is 12.3 Å². The van der Waals surface area contributed by atoms with Crippen LogP contribution in [0.25, 0.3) is 16.8 Å². The summed E-state index contributed by atoms with van der Waals surface area (Å²) in [4.78, 5) is 12.3. The number of ether oxygens (including phenoxy) is 2. The first-order chi connectivity index (χ1) is 15.6. The van der Waals surface area contributed by atoms with Crippen molar-refractivity contribution in [2.75, 3.05) is 12.8 Å². The highest BCUT2D eigenvalue weighted by molar-refractivity contribution is 5.96. The van der Waals surface area contributed by atoms with Gasteiger partial charge in [0.1, 0.15) is 18.4 Å². The number of benzene rings is 3. The first kappa shape index (κ1) is 20.8. The topological polar surface area (TPSA) is 90.3 Å². The summed E-state index contributed by atoms with van der Waals surface area (Å²) in [5, 5.41) is 9.33. The summed E-state index contributed by atoms with van der Waals surface area (Å²) >= 11 is 0. The van der Waals surface area contributed by atoms with Crippen molar-refractivity contribution in [3.05, 3.63) is 102 Å². The van der Waals surface area contributed by atoms with Gasteiger partial charge in [-0.2, -0.15) is 5.26 Å². The van der Waals surface area contributed by atoms with Gasteiger partial charge in [-0.05, 0) is 41.0 Å². The fraction of sp³-hybridized carbons (Fsp3) is 0.0769. The minimum absolute atomic E-state index is 0.102. The van der Waals surface area contributed by atoms with Crippen molar-refractivity contribution in [1.29, 1.82) is 5.26 Å². The second-order valence-corrected chi connectivity index (χ2v) is 7.13. The lowest BCUT2D eigenvalue weighted by atomic mass is 10.0. The highest BCUT2D eigenvalue weighted by Crippen LogP contribution is 2.28. The molecule has 6 nitrogen and oxygen atoms in total. The molecular formula is C26H21N3O3. The number of aromatic nitrogens is 1. The lowest BCUT2D eigenvalue weighted by Gasteiger charge is -2.11. The van der Waals surface area contributed by atoms with Crippen molar-refractivity contribution < 1.29 is 14.3 Å². The van der Waals surface area contributed by atoms with Gasteiger partial charge in [-0.3, -0.25) is 0 Å². The molecule has 3 aromatic carbocycles. The van der Waals surface area contributed by atoms with Crippen LogP contribution in [0.3, 0.4) is 0 Å². The Kier molecular flexibility index (Phi) is 5.91. The van der Waals surface area contributed by atoms with E-state index in [9.17, 15) is 10.1 Å². The zero-order valence-corrected chi connectivity index (χ0v) is 17.5. The summed E-state index contributed by atoms with van der Waals surface area (Å²) in [6.45, 7) is 0.502. The molecule has 32 heavy (non-hydrogen) atoms. The molecule has 0 aliphatic rings. The van der Waals surface area contributed by atoms with E-state index in [4.69, 9.17) is 15.2 Å². The maximum atomic E-state index is 12.3. The van der Waals surface area contributed by atoms with Crippen LogP contribution in [0.2, 0.25) is 0 Å². The number of nitrogens with two attached hydrogens (primary N) is 1. The summed E-state index contributed by atoms with van der Waals surface area (Å²) in [6, 6.07) is 27.4. The van der Waals surface area contributed by atoms with E-state index in [2.05, 4.69) is 0 Å². The van der Waals surface area contributed by atoms with Crippen LogP contribution in [-0.4, -0.2) is 17.6 Å². The molecule has 0 aliphatic heterocycles. The maximum absolute atomic E-state index is 12.3. The molecule has 0 unspecified atom stereocenters. The molecule has 158 valence electrons. The number of methoxy groups -OCH3 is 1.